The number of nitrogens with one attached hydrogen (secondary N) is 2. The Kier molecular flexibility index (Phi) is 4.16. The number of aromatic nitrogens is 2. The van der Waals surface area contributed by atoms with Crippen LogP contribution in [0.2, 0.25) is 0 Å². The fourth-order valence-corrected chi connectivity index (χ4v) is 3.61. The minimum atomic E-state index is -0.427. The van der Waals surface area contributed by atoms with Crippen LogP contribution in [0.5, 0.6) is 11.5 Å². The maximum absolute atomic E-state index is 12.8. The number of carbonyl (C=O) groups is 2. The number of rotatable bonds is 4. The predicted octanol–water partition coefficient (Wildman–Crippen LogP) is 2.80. The molecule has 2 N–H and O–H groups in total. The summed E-state index contributed by atoms with van der Waals surface area (Å²) in [6.45, 7) is 0.500. The number of amides is 2. The number of benzene rings is 2. The number of nitrogens with zero attached hydrogens (tertiary/aromatic N) is 2. The highest BCUT2D eigenvalue weighted by Crippen LogP contribution is 2.37. The second kappa shape index (κ2) is 6.97. The summed E-state index contributed by atoms with van der Waals surface area (Å²) in [6, 6.07) is 14.7. The molecular weight excluding hydrogens is 372 g/mol. The van der Waals surface area contributed by atoms with E-state index in [0.717, 1.165) is 11.3 Å². The fraction of sp³-hybridized carbons (Fsp3) is 0.190. The molecule has 8 nitrogen and oxygen atoms in total. The van der Waals surface area contributed by atoms with Gasteiger partial charge in [0.25, 0.3) is 0 Å². The Hall–Kier alpha value is -3.81. The quantitative estimate of drug-likeness (QED) is 0.714. The third-order valence-corrected chi connectivity index (χ3v) is 5.11. The lowest BCUT2D eigenvalue weighted by atomic mass is 10.1. The minimum Gasteiger partial charge on any atom is -0.454 e. The fourth-order valence-electron chi connectivity index (χ4n) is 3.61. The molecular formula is C21H18N4O4. The molecule has 1 unspecified atom stereocenters. The van der Waals surface area contributed by atoms with Crippen LogP contribution < -0.4 is 19.7 Å². The minimum absolute atomic E-state index is 0.0878. The average molecular weight is 390 g/mol. The Balaban J connectivity index is 1.29. The lowest BCUT2D eigenvalue weighted by Crippen LogP contribution is -2.28. The number of aromatic amines is 1. The Morgan fingerprint density at radius 2 is 2.03 bits per heavy atom. The van der Waals surface area contributed by atoms with Crippen molar-refractivity contribution in [1.82, 2.24) is 10.2 Å². The lowest BCUT2D eigenvalue weighted by Gasteiger charge is -2.17. The average Bonchev–Trinajstić information content (AvgIpc) is 3.48. The molecule has 1 atom stereocenters. The van der Waals surface area contributed by atoms with Gasteiger partial charge in [-0.3, -0.25) is 14.7 Å². The second-order valence-electron chi connectivity index (χ2n) is 6.98. The Labute approximate surface area is 166 Å². The van der Waals surface area contributed by atoms with Crippen molar-refractivity contribution in [3.8, 4) is 22.8 Å². The van der Waals surface area contributed by atoms with Gasteiger partial charge in [0.1, 0.15) is 0 Å². The summed E-state index contributed by atoms with van der Waals surface area (Å²) < 4.78 is 10.7. The summed E-state index contributed by atoms with van der Waals surface area (Å²) in [6.07, 6.45) is 1.84. The van der Waals surface area contributed by atoms with Crippen molar-refractivity contribution in [3.05, 3.63) is 54.7 Å². The number of hydrogen-bond acceptors (Lipinski definition) is 5. The largest absolute Gasteiger partial charge is 0.454 e. The van der Waals surface area contributed by atoms with Crippen LogP contribution >= 0.6 is 0 Å². The number of hydrogen-bond donors (Lipinski definition) is 2. The van der Waals surface area contributed by atoms with Gasteiger partial charge in [-0.25, -0.2) is 0 Å². The molecule has 3 heterocycles. The van der Waals surface area contributed by atoms with E-state index in [1.807, 2.05) is 30.3 Å². The molecule has 0 saturated carbocycles. The smallest absolute Gasteiger partial charge is 0.231 e. The van der Waals surface area contributed by atoms with Gasteiger partial charge in [0.2, 0.25) is 18.6 Å². The van der Waals surface area contributed by atoms with Crippen LogP contribution in [0.3, 0.4) is 0 Å². The van der Waals surface area contributed by atoms with E-state index < -0.39 is 5.92 Å². The maximum atomic E-state index is 12.8. The lowest BCUT2D eigenvalue weighted by molar-refractivity contribution is -0.122. The Morgan fingerprint density at radius 3 is 2.90 bits per heavy atom. The van der Waals surface area contributed by atoms with Gasteiger partial charge >= 0.3 is 0 Å². The van der Waals surface area contributed by atoms with Crippen molar-refractivity contribution in [1.29, 1.82) is 0 Å². The highest BCUT2D eigenvalue weighted by Gasteiger charge is 2.35. The molecule has 8 heteroatoms. The highest BCUT2D eigenvalue weighted by atomic mass is 16.7. The van der Waals surface area contributed by atoms with E-state index in [0.29, 0.717) is 29.4 Å². The van der Waals surface area contributed by atoms with Gasteiger partial charge in [-0.05, 0) is 30.3 Å². The van der Waals surface area contributed by atoms with Gasteiger partial charge in [0.15, 0.2) is 11.5 Å². The van der Waals surface area contributed by atoms with E-state index in [-0.39, 0.29) is 25.0 Å². The molecule has 0 radical (unpaired) electrons. The third-order valence-electron chi connectivity index (χ3n) is 5.11. The van der Waals surface area contributed by atoms with Crippen molar-refractivity contribution >= 4 is 23.2 Å². The highest BCUT2D eigenvalue weighted by molar-refractivity contribution is 6.03. The number of carbonyl (C=O) groups excluding carboxylic acids is 2. The molecule has 2 amide bonds. The number of H-pyrrole nitrogens is 1. The summed E-state index contributed by atoms with van der Waals surface area (Å²) >= 11 is 0. The zero-order chi connectivity index (χ0) is 19.8. The summed E-state index contributed by atoms with van der Waals surface area (Å²) in [7, 11) is 0. The first-order valence-electron chi connectivity index (χ1n) is 9.28. The van der Waals surface area contributed by atoms with Crippen molar-refractivity contribution in [2.75, 3.05) is 23.6 Å². The van der Waals surface area contributed by atoms with Crippen LogP contribution in [0.4, 0.5) is 11.4 Å². The monoisotopic (exact) mass is 390 g/mol. The van der Waals surface area contributed by atoms with Gasteiger partial charge in [0, 0.05) is 42.2 Å². The number of ether oxygens (including phenoxy) is 2. The summed E-state index contributed by atoms with van der Waals surface area (Å²) in [4.78, 5) is 26.9. The standard InChI is InChI=1S/C21H18N4O4/c26-20-9-14(11-25(20)16-4-5-18-19(10-16)29-12-28-18)21(27)23-15-3-1-2-13(8-15)17-6-7-22-24-17/h1-8,10,14H,9,11-12H2,(H,22,24)(H,23,27). The number of anilines is 2. The topological polar surface area (TPSA) is 96.5 Å². The SMILES string of the molecule is O=C(Nc1cccc(-c2ccn[nH]2)c1)C1CC(=O)N(c2ccc3c(c2)OCO3)C1. The molecule has 0 bridgehead atoms. The molecule has 1 fully saturated rings. The summed E-state index contributed by atoms with van der Waals surface area (Å²) in [5, 5.41) is 9.77. The van der Waals surface area contributed by atoms with E-state index in [1.54, 1.807) is 29.3 Å². The van der Waals surface area contributed by atoms with E-state index in [1.165, 1.54) is 0 Å². The van der Waals surface area contributed by atoms with Gasteiger partial charge in [-0.1, -0.05) is 12.1 Å². The normalized spacial score (nSPS) is 17.6. The first-order chi connectivity index (χ1) is 14.2. The number of fused-ring (bicyclic) bond motifs is 1. The molecule has 0 aliphatic carbocycles. The van der Waals surface area contributed by atoms with Crippen LogP contribution in [-0.2, 0) is 9.59 Å². The molecule has 2 aliphatic heterocycles. The molecule has 2 aliphatic rings. The van der Waals surface area contributed by atoms with Crippen molar-refractivity contribution in [3.63, 3.8) is 0 Å². The van der Waals surface area contributed by atoms with E-state index in [9.17, 15) is 9.59 Å². The molecule has 29 heavy (non-hydrogen) atoms. The van der Waals surface area contributed by atoms with Crippen molar-refractivity contribution in [2.24, 2.45) is 5.92 Å². The van der Waals surface area contributed by atoms with Gasteiger partial charge < -0.3 is 19.7 Å². The van der Waals surface area contributed by atoms with E-state index >= 15 is 0 Å². The van der Waals surface area contributed by atoms with Crippen LogP contribution in [-0.4, -0.2) is 35.3 Å². The zero-order valence-corrected chi connectivity index (χ0v) is 15.4. The molecule has 2 aromatic carbocycles. The molecule has 146 valence electrons. The van der Waals surface area contributed by atoms with Crippen LogP contribution in [0.15, 0.2) is 54.7 Å². The van der Waals surface area contributed by atoms with Gasteiger partial charge in [0.05, 0.1) is 11.6 Å². The zero-order valence-electron chi connectivity index (χ0n) is 15.4. The molecule has 3 aromatic rings. The molecule has 1 aromatic heterocycles. The molecule has 1 saturated heterocycles. The van der Waals surface area contributed by atoms with E-state index in [2.05, 4.69) is 15.5 Å². The van der Waals surface area contributed by atoms with E-state index in [4.69, 9.17) is 9.47 Å². The first-order valence-corrected chi connectivity index (χ1v) is 9.28. The first kappa shape index (κ1) is 17.3. The Morgan fingerprint density at radius 1 is 1.14 bits per heavy atom. The Bertz CT molecular complexity index is 1080. The predicted molar refractivity (Wildman–Crippen MR) is 106 cm³/mol. The summed E-state index contributed by atoms with van der Waals surface area (Å²) in [5.41, 5.74) is 3.17. The van der Waals surface area contributed by atoms with Crippen LogP contribution in [0.1, 0.15) is 6.42 Å². The van der Waals surface area contributed by atoms with Crippen LogP contribution in [0.25, 0.3) is 11.3 Å². The molecule has 5 rings (SSSR count). The second-order valence-corrected chi connectivity index (χ2v) is 6.98. The van der Waals surface area contributed by atoms with Crippen molar-refractivity contribution < 1.29 is 19.1 Å². The maximum Gasteiger partial charge on any atom is 0.231 e. The molecule has 0 spiro atoms. The van der Waals surface area contributed by atoms with Crippen LogP contribution in [0, 0.1) is 5.92 Å². The van der Waals surface area contributed by atoms with Crippen molar-refractivity contribution in [2.45, 2.75) is 6.42 Å². The third kappa shape index (κ3) is 3.29. The van der Waals surface area contributed by atoms with Gasteiger partial charge in [-0.2, -0.15) is 5.10 Å². The summed E-state index contributed by atoms with van der Waals surface area (Å²) in [5.74, 6) is 0.577. The van der Waals surface area contributed by atoms with Gasteiger partial charge in [-0.15, -0.1) is 0 Å².